The van der Waals surface area contributed by atoms with E-state index in [1.54, 1.807) is 24.3 Å². The number of halogens is 3. The average molecular weight is 638 g/mol. The Balaban J connectivity index is 2.10. The van der Waals surface area contributed by atoms with Crippen molar-refractivity contribution in [2.45, 2.75) is 33.1 Å². The lowest BCUT2D eigenvalue weighted by molar-refractivity contribution is -0.121. The number of carbonyl (C=O) groups excluding carboxylic acids is 3. The number of unbranched alkanes of at least 4 members (excludes halogenated alkanes) is 1. The molecule has 0 radical (unpaired) electrons. The molecule has 0 aliphatic carbocycles. The minimum Gasteiger partial charge on any atom is -0.490 e. The second-order valence-corrected chi connectivity index (χ2v) is 11.6. The normalized spacial score (nSPS) is 11.1. The van der Waals surface area contributed by atoms with Crippen molar-refractivity contribution in [1.29, 1.82) is 0 Å². The van der Waals surface area contributed by atoms with Gasteiger partial charge in [-0.2, -0.15) is 4.31 Å². The first-order valence-electron chi connectivity index (χ1n) is 12.3. The molecule has 0 aliphatic rings. The minimum absolute atomic E-state index is 0.0422. The van der Waals surface area contributed by atoms with Gasteiger partial charge in [-0.25, -0.2) is 13.2 Å². The van der Waals surface area contributed by atoms with E-state index in [9.17, 15) is 22.8 Å². The molecule has 0 fully saturated rings. The Bertz CT molecular complexity index is 1270. The van der Waals surface area contributed by atoms with E-state index >= 15 is 0 Å². The summed E-state index contributed by atoms with van der Waals surface area (Å²) in [7, 11) is -4.03. The number of sulfonamides is 1. The van der Waals surface area contributed by atoms with Crippen molar-refractivity contribution in [3.63, 3.8) is 0 Å². The number of ketones is 1. The molecule has 0 unspecified atom stereocenters. The van der Waals surface area contributed by atoms with Gasteiger partial charge in [0.05, 0.1) is 35.2 Å². The molecule has 0 saturated carbocycles. The number of benzene rings is 2. The van der Waals surface area contributed by atoms with E-state index in [2.05, 4.69) is 0 Å². The van der Waals surface area contributed by atoms with Crippen molar-refractivity contribution in [1.82, 2.24) is 4.31 Å². The van der Waals surface area contributed by atoms with Gasteiger partial charge in [-0.1, -0.05) is 36.5 Å². The van der Waals surface area contributed by atoms with Crippen LogP contribution in [-0.4, -0.2) is 69.0 Å². The van der Waals surface area contributed by atoms with Crippen LogP contribution in [0.5, 0.6) is 11.5 Å². The van der Waals surface area contributed by atoms with E-state index in [1.165, 1.54) is 24.0 Å². The third kappa shape index (κ3) is 10.0. The molecule has 220 valence electrons. The summed E-state index contributed by atoms with van der Waals surface area (Å²) in [6.07, 6.45) is 1.61. The molecule has 0 aliphatic heterocycles. The Morgan fingerprint density at radius 1 is 0.925 bits per heavy atom. The summed E-state index contributed by atoms with van der Waals surface area (Å²) in [6, 6.07) is 9.32. The smallest absolute Gasteiger partial charge is 0.423 e. The van der Waals surface area contributed by atoms with Crippen LogP contribution in [0.1, 0.15) is 33.1 Å². The van der Waals surface area contributed by atoms with Crippen molar-refractivity contribution in [2.75, 3.05) is 43.4 Å². The van der Waals surface area contributed by atoms with Gasteiger partial charge < -0.3 is 14.2 Å². The van der Waals surface area contributed by atoms with Crippen molar-refractivity contribution in [2.24, 2.45) is 0 Å². The molecule has 40 heavy (non-hydrogen) atoms. The second kappa shape index (κ2) is 15.9. The molecule has 0 N–H and O–H groups in total. The molecule has 0 aromatic heterocycles. The number of amides is 2. The molecule has 0 atom stereocenters. The van der Waals surface area contributed by atoms with Crippen LogP contribution in [-0.2, 0) is 24.3 Å². The van der Waals surface area contributed by atoms with Gasteiger partial charge in [-0.05, 0) is 49.2 Å². The van der Waals surface area contributed by atoms with E-state index in [4.69, 9.17) is 49.0 Å². The standard InChI is InChI=1S/C26H31Cl3N2O8S/c1-4-5-12-38-26(34)30(40(3,35)36)16-21(33)17-39-22-9-7-19(8-10-22)31(18(2)32)20-14-23(28)25(24(29)15-20)37-13-6-11-27/h7-10,14-15H,4-6,11-13,16-17H2,1-3H3. The lowest BCUT2D eigenvalue weighted by atomic mass is 10.2. The number of alkyl halides is 1. The first-order chi connectivity index (χ1) is 18.9. The van der Waals surface area contributed by atoms with Crippen LogP contribution in [0.2, 0.25) is 10.0 Å². The summed E-state index contributed by atoms with van der Waals surface area (Å²) >= 11 is 18.4. The quantitative estimate of drug-likeness (QED) is 0.177. The molecule has 0 heterocycles. The number of hydrogen-bond donors (Lipinski definition) is 0. The van der Waals surface area contributed by atoms with Crippen LogP contribution >= 0.6 is 34.8 Å². The first kappa shape index (κ1) is 33.5. The molecule has 14 heteroatoms. The second-order valence-electron chi connectivity index (χ2n) is 8.54. The number of ether oxygens (including phenoxy) is 3. The highest BCUT2D eigenvalue weighted by molar-refractivity contribution is 7.88. The zero-order valence-corrected chi connectivity index (χ0v) is 25.4. The predicted molar refractivity (Wildman–Crippen MR) is 155 cm³/mol. The van der Waals surface area contributed by atoms with E-state index in [-0.39, 0.29) is 34.1 Å². The SMILES string of the molecule is CCCCOC(=O)N(CC(=O)COc1ccc(N(C(C)=O)c2cc(Cl)c(OCCCCl)c(Cl)c2)cc1)S(C)(=O)=O. The van der Waals surface area contributed by atoms with Crippen LogP contribution in [0.15, 0.2) is 36.4 Å². The number of rotatable bonds is 15. The maximum absolute atomic E-state index is 12.5. The van der Waals surface area contributed by atoms with E-state index in [0.29, 0.717) is 41.0 Å². The maximum atomic E-state index is 12.5. The van der Waals surface area contributed by atoms with Gasteiger partial charge in [0, 0.05) is 18.5 Å². The summed E-state index contributed by atoms with van der Waals surface area (Å²) in [5.74, 6) is 0.00364. The van der Waals surface area contributed by atoms with Crippen molar-refractivity contribution in [3.05, 3.63) is 46.4 Å². The van der Waals surface area contributed by atoms with Gasteiger partial charge >= 0.3 is 6.09 Å². The summed E-state index contributed by atoms with van der Waals surface area (Å²) in [5, 5.41) is 0.443. The molecule has 0 spiro atoms. The number of Topliss-reactive ketones (excluding diaryl/α,β-unsaturated/α-hetero) is 1. The van der Waals surface area contributed by atoms with Gasteiger partial charge in [0.1, 0.15) is 18.9 Å². The monoisotopic (exact) mass is 636 g/mol. The highest BCUT2D eigenvalue weighted by atomic mass is 35.5. The molecule has 0 bridgehead atoms. The largest absolute Gasteiger partial charge is 0.490 e. The Morgan fingerprint density at radius 3 is 2.08 bits per heavy atom. The summed E-state index contributed by atoms with van der Waals surface area (Å²) in [4.78, 5) is 38.4. The lowest BCUT2D eigenvalue weighted by Gasteiger charge is -2.23. The Kier molecular flexibility index (Phi) is 13.3. The fourth-order valence-corrected chi connectivity index (χ4v) is 4.70. The van der Waals surface area contributed by atoms with Crippen LogP contribution < -0.4 is 14.4 Å². The number of hydrogen-bond acceptors (Lipinski definition) is 8. The molecule has 10 nitrogen and oxygen atoms in total. The Hall–Kier alpha value is -2.73. The van der Waals surface area contributed by atoms with Crippen molar-refractivity contribution in [3.8, 4) is 11.5 Å². The zero-order valence-electron chi connectivity index (χ0n) is 22.3. The number of anilines is 2. The summed E-state index contributed by atoms with van der Waals surface area (Å²) in [6.45, 7) is 2.40. The van der Waals surface area contributed by atoms with E-state index in [0.717, 1.165) is 12.7 Å². The van der Waals surface area contributed by atoms with Gasteiger partial charge in [0.25, 0.3) is 0 Å². The van der Waals surface area contributed by atoms with Gasteiger partial charge in [0.2, 0.25) is 15.9 Å². The fraction of sp³-hybridized carbons (Fsp3) is 0.423. The molecular formula is C26H31Cl3N2O8S. The van der Waals surface area contributed by atoms with Gasteiger partial charge in [-0.15, -0.1) is 11.6 Å². The Morgan fingerprint density at radius 2 is 1.55 bits per heavy atom. The highest BCUT2D eigenvalue weighted by Gasteiger charge is 2.27. The third-order valence-corrected chi connectivity index (χ3v) is 7.13. The molecular weight excluding hydrogens is 607 g/mol. The fourth-order valence-electron chi connectivity index (χ4n) is 3.31. The van der Waals surface area contributed by atoms with Gasteiger partial charge in [-0.3, -0.25) is 14.5 Å². The summed E-state index contributed by atoms with van der Waals surface area (Å²) in [5.41, 5.74) is 0.870. The van der Waals surface area contributed by atoms with Crippen LogP contribution in [0.3, 0.4) is 0 Å². The zero-order chi connectivity index (χ0) is 29.9. The topological polar surface area (TPSA) is 120 Å². The third-order valence-electron chi connectivity index (χ3n) is 5.22. The molecule has 2 aromatic carbocycles. The number of nitrogens with zero attached hydrogens (tertiary/aromatic N) is 2. The Labute approximate surface area is 249 Å². The average Bonchev–Trinajstić information content (AvgIpc) is 2.87. The number of carbonyl (C=O) groups is 3. The van der Waals surface area contributed by atoms with Crippen LogP contribution in [0.4, 0.5) is 16.2 Å². The maximum Gasteiger partial charge on any atom is 0.423 e. The van der Waals surface area contributed by atoms with E-state index in [1.807, 2.05) is 6.92 Å². The molecule has 0 saturated heterocycles. The van der Waals surface area contributed by atoms with Gasteiger partial charge in [0.15, 0.2) is 11.5 Å². The molecule has 2 rings (SSSR count). The predicted octanol–water partition coefficient (Wildman–Crippen LogP) is 5.83. The molecule has 2 amide bonds. The highest BCUT2D eigenvalue weighted by Crippen LogP contribution is 2.39. The van der Waals surface area contributed by atoms with Crippen molar-refractivity contribution < 1.29 is 37.0 Å². The summed E-state index contributed by atoms with van der Waals surface area (Å²) < 4.78 is 40.3. The lowest BCUT2D eigenvalue weighted by Crippen LogP contribution is -2.41. The van der Waals surface area contributed by atoms with Crippen LogP contribution in [0.25, 0.3) is 0 Å². The van der Waals surface area contributed by atoms with E-state index < -0.39 is 35.1 Å². The van der Waals surface area contributed by atoms with Crippen LogP contribution in [0, 0.1) is 0 Å². The van der Waals surface area contributed by atoms with Crippen molar-refractivity contribution >= 4 is 74.0 Å². The first-order valence-corrected chi connectivity index (χ1v) is 15.4. The molecule has 2 aromatic rings. The minimum atomic E-state index is -4.03.